The molecular weight excluding hydrogens is 372 g/mol. The molecule has 8 heteroatoms. The Morgan fingerprint density at radius 1 is 1.17 bits per heavy atom. The first-order valence-corrected chi connectivity index (χ1v) is 9.83. The number of hydrogen-bond acceptors (Lipinski definition) is 4. The Morgan fingerprint density at radius 2 is 1.86 bits per heavy atom. The summed E-state index contributed by atoms with van der Waals surface area (Å²) in [5.41, 5.74) is 1.57. The smallest absolute Gasteiger partial charge is 0.282 e. The van der Waals surface area contributed by atoms with Crippen LogP contribution in [0, 0.1) is 10.1 Å². The fourth-order valence-electron chi connectivity index (χ4n) is 3.75. The first kappa shape index (κ1) is 20.8. The summed E-state index contributed by atoms with van der Waals surface area (Å²) in [5, 5.41) is 13.8. The van der Waals surface area contributed by atoms with Crippen LogP contribution in [0.5, 0.6) is 5.75 Å². The highest BCUT2D eigenvalue weighted by molar-refractivity contribution is 5.95. The van der Waals surface area contributed by atoms with Crippen molar-refractivity contribution in [2.75, 3.05) is 38.6 Å². The van der Waals surface area contributed by atoms with Gasteiger partial charge >= 0.3 is 0 Å². The molecule has 2 aromatic carbocycles. The van der Waals surface area contributed by atoms with Crippen molar-refractivity contribution in [2.24, 2.45) is 0 Å². The Morgan fingerprint density at radius 3 is 2.48 bits per heavy atom. The Hall–Kier alpha value is -2.97. The van der Waals surface area contributed by atoms with E-state index in [4.69, 9.17) is 4.74 Å². The molecule has 0 unspecified atom stereocenters. The molecule has 3 rings (SSSR count). The fourth-order valence-corrected chi connectivity index (χ4v) is 3.75. The van der Waals surface area contributed by atoms with Gasteiger partial charge in [0.15, 0.2) is 6.04 Å². The van der Waals surface area contributed by atoms with Crippen LogP contribution in [0.1, 0.15) is 12.5 Å². The van der Waals surface area contributed by atoms with E-state index in [0.29, 0.717) is 11.4 Å². The normalized spacial score (nSPS) is 19.9. The first-order valence-electron chi connectivity index (χ1n) is 9.83. The van der Waals surface area contributed by atoms with Gasteiger partial charge in [0.1, 0.15) is 38.5 Å². The van der Waals surface area contributed by atoms with Crippen LogP contribution in [0.4, 0.5) is 11.4 Å². The summed E-state index contributed by atoms with van der Waals surface area (Å²) in [4.78, 5) is 26.1. The van der Waals surface area contributed by atoms with Gasteiger partial charge in [0, 0.05) is 17.7 Å². The van der Waals surface area contributed by atoms with Crippen LogP contribution >= 0.6 is 0 Å². The number of anilines is 1. The lowest BCUT2D eigenvalue weighted by atomic mass is 10.1. The van der Waals surface area contributed by atoms with Gasteiger partial charge in [-0.25, -0.2) is 0 Å². The molecule has 3 N–H and O–H groups in total. The van der Waals surface area contributed by atoms with E-state index in [2.05, 4.69) is 29.6 Å². The Kier molecular flexibility index (Phi) is 6.79. The minimum absolute atomic E-state index is 0.0840. The van der Waals surface area contributed by atoms with E-state index in [-0.39, 0.29) is 17.6 Å². The number of nitrogens with zero attached hydrogens (tertiary/aromatic N) is 1. The zero-order valence-electron chi connectivity index (χ0n) is 16.8. The predicted octanol–water partition coefficient (Wildman–Crippen LogP) is -0.0860. The molecule has 1 amide bonds. The van der Waals surface area contributed by atoms with Crippen LogP contribution in [0.25, 0.3) is 0 Å². The Balaban J connectivity index is 1.57. The van der Waals surface area contributed by atoms with Crippen molar-refractivity contribution in [3.05, 3.63) is 64.2 Å². The van der Waals surface area contributed by atoms with Gasteiger partial charge in [-0.05, 0) is 13.0 Å². The number of benzene rings is 2. The number of carbonyl (C=O) groups is 1. The molecule has 0 radical (unpaired) electrons. The summed E-state index contributed by atoms with van der Waals surface area (Å²) in [6.45, 7) is 6.71. The van der Waals surface area contributed by atoms with Gasteiger partial charge in [-0.3, -0.25) is 14.9 Å². The van der Waals surface area contributed by atoms with Crippen LogP contribution in [0.3, 0.4) is 0 Å². The maximum atomic E-state index is 12.8. The van der Waals surface area contributed by atoms with Crippen molar-refractivity contribution in [1.29, 1.82) is 0 Å². The lowest BCUT2D eigenvalue weighted by Gasteiger charge is -2.32. The van der Waals surface area contributed by atoms with E-state index in [9.17, 15) is 14.9 Å². The molecule has 1 aliphatic heterocycles. The number of amides is 1. The molecular formula is C21H28N4O4+2. The number of nitro groups is 1. The number of hydrogen-bond donors (Lipinski definition) is 3. The van der Waals surface area contributed by atoms with Crippen LogP contribution in [0.2, 0.25) is 0 Å². The molecule has 1 atom stereocenters. The highest BCUT2D eigenvalue weighted by Gasteiger charge is 2.31. The zero-order chi connectivity index (χ0) is 20.8. The van der Waals surface area contributed by atoms with Crippen LogP contribution < -0.4 is 19.9 Å². The third-order valence-electron chi connectivity index (χ3n) is 5.55. The standard InChI is InChI=1S/C21H26N4O4/c1-16(21(26)22-19-14-18(25(27)28)8-9-20(19)29-2)24-12-10-23(11-13-24)15-17-6-4-3-5-7-17/h3-9,14,16H,10-13,15H2,1-2H3,(H,22,26)/p+2/t16-/m1/s1. The summed E-state index contributed by atoms with van der Waals surface area (Å²) in [6.07, 6.45) is 0. The maximum Gasteiger partial charge on any atom is 0.282 e. The van der Waals surface area contributed by atoms with E-state index in [0.717, 1.165) is 32.7 Å². The van der Waals surface area contributed by atoms with E-state index < -0.39 is 4.92 Å². The largest absolute Gasteiger partial charge is 0.495 e. The molecule has 29 heavy (non-hydrogen) atoms. The average Bonchev–Trinajstić information content (AvgIpc) is 2.74. The number of nitro benzene ring substituents is 1. The molecule has 1 heterocycles. The van der Waals surface area contributed by atoms with Gasteiger partial charge in [0.2, 0.25) is 0 Å². The summed E-state index contributed by atoms with van der Waals surface area (Å²) in [6, 6.07) is 14.4. The van der Waals surface area contributed by atoms with Crippen LogP contribution in [-0.2, 0) is 11.3 Å². The van der Waals surface area contributed by atoms with Crippen LogP contribution in [0.15, 0.2) is 48.5 Å². The molecule has 1 aliphatic rings. The minimum Gasteiger partial charge on any atom is -0.495 e. The third kappa shape index (κ3) is 5.30. The summed E-state index contributed by atoms with van der Waals surface area (Å²) >= 11 is 0. The number of non-ortho nitro benzene ring substituents is 1. The number of nitrogens with one attached hydrogen (secondary N) is 3. The number of rotatable bonds is 7. The third-order valence-corrected chi connectivity index (χ3v) is 5.55. The van der Waals surface area contributed by atoms with Crippen LogP contribution in [-0.4, -0.2) is 50.2 Å². The SMILES string of the molecule is COc1ccc([N+](=O)[O-])cc1NC(=O)[C@@H](C)[NH+]1CC[NH+](Cc2ccccc2)CC1. The lowest BCUT2D eigenvalue weighted by Crippen LogP contribution is -3.29. The van der Waals surface area contributed by atoms with Gasteiger partial charge in [-0.2, -0.15) is 0 Å². The predicted molar refractivity (Wildman–Crippen MR) is 109 cm³/mol. The summed E-state index contributed by atoms with van der Waals surface area (Å²) in [7, 11) is 1.47. The van der Waals surface area contributed by atoms with E-state index >= 15 is 0 Å². The van der Waals surface area contributed by atoms with Gasteiger partial charge < -0.3 is 19.9 Å². The van der Waals surface area contributed by atoms with Crippen molar-refractivity contribution in [2.45, 2.75) is 19.5 Å². The van der Waals surface area contributed by atoms with Crippen molar-refractivity contribution in [3.8, 4) is 5.75 Å². The Labute approximate surface area is 170 Å². The van der Waals surface area contributed by atoms with Gasteiger partial charge in [0.25, 0.3) is 11.6 Å². The molecule has 1 saturated heterocycles. The molecule has 0 spiro atoms. The second kappa shape index (κ2) is 9.49. The van der Waals surface area contributed by atoms with Crippen molar-refractivity contribution < 1.29 is 24.3 Å². The maximum absolute atomic E-state index is 12.8. The molecule has 0 bridgehead atoms. The number of quaternary nitrogens is 2. The second-order valence-electron chi connectivity index (χ2n) is 7.42. The first-order chi connectivity index (χ1) is 14.0. The lowest BCUT2D eigenvalue weighted by molar-refractivity contribution is -1.02. The highest BCUT2D eigenvalue weighted by atomic mass is 16.6. The molecule has 2 aromatic rings. The highest BCUT2D eigenvalue weighted by Crippen LogP contribution is 2.28. The molecule has 0 aliphatic carbocycles. The number of ether oxygens (including phenoxy) is 1. The molecule has 0 aromatic heterocycles. The number of carbonyl (C=O) groups excluding carboxylic acids is 1. The molecule has 154 valence electrons. The van der Waals surface area contributed by atoms with Crippen molar-refractivity contribution in [3.63, 3.8) is 0 Å². The van der Waals surface area contributed by atoms with E-state index in [1.165, 1.54) is 40.7 Å². The average molecular weight is 400 g/mol. The van der Waals surface area contributed by atoms with Gasteiger partial charge in [0.05, 0.1) is 17.7 Å². The van der Waals surface area contributed by atoms with Gasteiger partial charge in [-0.15, -0.1) is 0 Å². The molecule has 8 nitrogen and oxygen atoms in total. The summed E-state index contributed by atoms with van der Waals surface area (Å²) in [5.74, 6) is 0.244. The summed E-state index contributed by atoms with van der Waals surface area (Å²) < 4.78 is 5.23. The quantitative estimate of drug-likeness (QED) is 0.448. The van der Waals surface area contributed by atoms with Gasteiger partial charge in [-0.1, -0.05) is 30.3 Å². The Bertz CT molecular complexity index is 851. The van der Waals surface area contributed by atoms with E-state index in [1.807, 2.05) is 13.0 Å². The molecule has 1 fully saturated rings. The zero-order valence-corrected chi connectivity index (χ0v) is 16.8. The number of piperazine rings is 1. The monoisotopic (exact) mass is 400 g/mol. The molecule has 0 saturated carbocycles. The van der Waals surface area contributed by atoms with Crippen molar-refractivity contribution in [1.82, 2.24) is 0 Å². The van der Waals surface area contributed by atoms with Crippen molar-refractivity contribution >= 4 is 17.3 Å². The van der Waals surface area contributed by atoms with E-state index in [1.54, 1.807) is 0 Å². The fraction of sp³-hybridized carbons (Fsp3) is 0.381. The number of methoxy groups -OCH3 is 1. The minimum atomic E-state index is -0.488. The topological polar surface area (TPSA) is 90.3 Å². The second-order valence-corrected chi connectivity index (χ2v) is 7.42.